The van der Waals surface area contributed by atoms with Crippen LogP contribution >= 0.6 is 24.8 Å². The minimum atomic E-state index is 0. The normalized spacial score (nSPS) is 16.7. The third-order valence-electron chi connectivity index (χ3n) is 4.13. The molecule has 5 nitrogen and oxygen atoms in total. The number of carbonyl (C=O) groups excluding carboxylic acids is 1. The van der Waals surface area contributed by atoms with Crippen molar-refractivity contribution in [2.24, 2.45) is 5.92 Å². The first-order valence-electron chi connectivity index (χ1n) is 7.72. The van der Waals surface area contributed by atoms with Gasteiger partial charge in [0, 0.05) is 26.1 Å². The molecule has 0 bridgehead atoms. The van der Waals surface area contributed by atoms with Crippen molar-refractivity contribution in [2.75, 3.05) is 19.6 Å². The summed E-state index contributed by atoms with van der Waals surface area (Å²) in [6.45, 7) is 5.43. The number of benzene rings is 1. The summed E-state index contributed by atoms with van der Waals surface area (Å²) in [5, 5.41) is 6.26. The fraction of sp³-hybridized carbons (Fsp3) is 0.500. The molecule has 0 saturated carbocycles. The first-order valence-corrected chi connectivity index (χ1v) is 7.72. The number of carbonyl (C=O) groups is 1. The molecule has 1 aromatic carbocycles. The molecular formula is C16H24Cl2N4O. The highest BCUT2D eigenvalue weighted by atomic mass is 35.5. The molecule has 1 aromatic heterocycles. The number of aryl methyl sites for hydroxylation is 1. The third-order valence-corrected chi connectivity index (χ3v) is 4.13. The van der Waals surface area contributed by atoms with Gasteiger partial charge in [-0.3, -0.25) is 4.79 Å². The molecule has 0 radical (unpaired) electrons. The number of halogens is 2. The van der Waals surface area contributed by atoms with Crippen molar-refractivity contribution in [1.29, 1.82) is 0 Å². The van der Waals surface area contributed by atoms with Crippen LogP contribution in [-0.4, -0.2) is 35.1 Å². The van der Waals surface area contributed by atoms with Gasteiger partial charge in [-0.1, -0.05) is 12.1 Å². The Kier molecular flexibility index (Phi) is 7.82. The molecule has 1 fully saturated rings. The molecule has 2 heterocycles. The average Bonchev–Trinajstić information content (AvgIpc) is 3.14. The van der Waals surface area contributed by atoms with Crippen LogP contribution in [0.15, 0.2) is 24.3 Å². The molecule has 3 rings (SSSR count). The number of fused-ring (bicyclic) bond motifs is 1. The van der Waals surface area contributed by atoms with E-state index in [0.717, 1.165) is 43.8 Å². The van der Waals surface area contributed by atoms with Gasteiger partial charge < -0.3 is 15.2 Å². The Morgan fingerprint density at radius 2 is 2.17 bits per heavy atom. The van der Waals surface area contributed by atoms with Crippen molar-refractivity contribution in [2.45, 2.75) is 26.3 Å². The largest absolute Gasteiger partial charge is 0.355 e. The molecule has 1 aliphatic rings. The van der Waals surface area contributed by atoms with Crippen LogP contribution in [0.5, 0.6) is 0 Å². The van der Waals surface area contributed by atoms with Crippen LogP contribution in [0.4, 0.5) is 0 Å². The molecule has 1 aliphatic heterocycles. The summed E-state index contributed by atoms with van der Waals surface area (Å²) in [6, 6.07) is 8.18. The first kappa shape index (κ1) is 19.7. The molecular weight excluding hydrogens is 335 g/mol. The Morgan fingerprint density at radius 1 is 1.39 bits per heavy atom. The second kappa shape index (κ2) is 9.11. The molecule has 23 heavy (non-hydrogen) atoms. The van der Waals surface area contributed by atoms with E-state index in [1.807, 2.05) is 18.2 Å². The van der Waals surface area contributed by atoms with E-state index in [1.54, 1.807) is 0 Å². The molecule has 1 amide bonds. The van der Waals surface area contributed by atoms with Gasteiger partial charge in [-0.15, -0.1) is 24.8 Å². The van der Waals surface area contributed by atoms with Crippen LogP contribution in [-0.2, 0) is 17.8 Å². The Balaban J connectivity index is 0.00000132. The van der Waals surface area contributed by atoms with Gasteiger partial charge in [-0.05, 0) is 32.0 Å². The molecule has 1 saturated heterocycles. The lowest BCUT2D eigenvalue weighted by Gasteiger charge is -2.10. The van der Waals surface area contributed by atoms with Crippen molar-refractivity contribution < 1.29 is 4.79 Å². The van der Waals surface area contributed by atoms with Gasteiger partial charge in [-0.25, -0.2) is 4.98 Å². The Hall–Kier alpha value is -1.30. The Morgan fingerprint density at radius 3 is 2.87 bits per heavy atom. The van der Waals surface area contributed by atoms with E-state index in [-0.39, 0.29) is 36.6 Å². The second-order valence-electron chi connectivity index (χ2n) is 5.49. The summed E-state index contributed by atoms with van der Waals surface area (Å²) in [6.07, 6.45) is 1.72. The maximum atomic E-state index is 12.0. The number of nitrogens with one attached hydrogen (secondary N) is 2. The minimum absolute atomic E-state index is 0. The number of nitrogens with zero attached hydrogens (tertiary/aromatic N) is 2. The van der Waals surface area contributed by atoms with Gasteiger partial charge in [-0.2, -0.15) is 0 Å². The highest BCUT2D eigenvalue weighted by Gasteiger charge is 2.21. The number of aromatic nitrogens is 2. The van der Waals surface area contributed by atoms with Gasteiger partial charge in [0.05, 0.1) is 17.0 Å². The van der Waals surface area contributed by atoms with Crippen LogP contribution in [0, 0.1) is 5.92 Å². The smallest absolute Gasteiger partial charge is 0.224 e. The lowest BCUT2D eigenvalue weighted by atomic mass is 10.1. The van der Waals surface area contributed by atoms with Crippen molar-refractivity contribution in [3.63, 3.8) is 0 Å². The summed E-state index contributed by atoms with van der Waals surface area (Å²) in [4.78, 5) is 16.7. The topological polar surface area (TPSA) is 59.0 Å². The highest BCUT2D eigenvalue weighted by Crippen LogP contribution is 2.16. The third kappa shape index (κ3) is 4.37. The number of amides is 1. The minimum Gasteiger partial charge on any atom is -0.355 e. The van der Waals surface area contributed by atoms with E-state index in [0.29, 0.717) is 6.54 Å². The standard InChI is InChI=1S/C16H22N4O.2ClH/c1-2-20-14-6-4-3-5-13(14)19-15(20)8-10-18-16(21)12-7-9-17-11-12;;/h3-6,12,17H,2,7-11H2,1H3,(H,18,21);2*1H. The molecule has 2 aromatic rings. The molecule has 128 valence electrons. The highest BCUT2D eigenvalue weighted by molar-refractivity contribution is 5.85. The summed E-state index contributed by atoms with van der Waals surface area (Å²) < 4.78 is 2.22. The van der Waals surface area contributed by atoms with Gasteiger partial charge in [0.2, 0.25) is 5.91 Å². The SMILES string of the molecule is CCn1c(CCNC(=O)C2CCNC2)nc2ccccc21.Cl.Cl. The summed E-state index contributed by atoms with van der Waals surface area (Å²) >= 11 is 0. The summed E-state index contributed by atoms with van der Waals surface area (Å²) in [5.41, 5.74) is 2.20. The monoisotopic (exact) mass is 358 g/mol. The molecule has 0 spiro atoms. The van der Waals surface area contributed by atoms with Crippen LogP contribution in [0.3, 0.4) is 0 Å². The maximum Gasteiger partial charge on any atom is 0.224 e. The quantitative estimate of drug-likeness (QED) is 0.860. The average molecular weight is 359 g/mol. The van der Waals surface area contributed by atoms with Gasteiger partial charge >= 0.3 is 0 Å². The Bertz CT molecular complexity index is 638. The van der Waals surface area contributed by atoms with Crippen molar-refractivity contribution >= 4 is 41.8 Å². The van der Waals surface area contributed by atoms with E-state index >= 15 is 0 Å². The van der Waals surface area contributed by atoms with Gasteiger partial charge in [0.15, 0.2) is 0 Å². The van der Waals surface area contributed by atoms with Crippen LogP contribution < -0.4 is 10.6 Å². The molecule has 2 N–H and O–H groups in total. The molecule has 1 unspecified atom stereocenters. The molecule has 7 heteroatoms. The predicted molar refractivity (Wildman–Crippen MR) is 97.6 cm³/mol. The van der Waals surface area contributed by atoms with Crippen LogP contribution in [0.2, 0.25) is 0 Å². The van der Waals surface area contributed by atoms with Crippen LogP contribution in [0.1, 0.15) is 19.2 Å². The van der Waals surface area contributed by atoms with E-state index in [1.165, 1.54) is 5.52 Å². The van der Waals surface area contributed by atoms with E-state index in [9.17, 15) is 4.79 Å². The van der Waals surface area contributed by atoms with E-state index < -0.39 is 0 Å². The lowest BCUT2D eigenvalue weighted by Crippen LogP contribution is -2.33. The zero-order valence-corrected chi connectivity index (χ0v) is 14.9. The zero-order chi connectivity index (χ0) is 14.7. The fourth-order valence-corrected chi connectivity index (χ4v) is 2.99. The van der Waals surface area contributed by atoms with E-state index in [2.05, 4.69) is 33.2 Å². The van der Waals surface area contributed by atoms with Crippen molar-refractivity contribution in [1.82, 2.24) is 20.2 Å². The number of hydrogen-bond donors (Lipinski definition) is 2. The van der Waals surface area contributed by atoms with Crippen LogP contribution in [0.25, 0.3) is 11.0 Å². The van der Waals surface area contributed by atoms with Gasteiger partial charge in [0.25, 0.3) is 0 Å². The van der Waals surface area contributed by atoms with Crippen molar-refractivity contribution in [3.05, 3.63) is 30.1 Å². The number of imidazole rings is 1. The fourth-order valence-electron chi connectivity index (χ4n) is 2.99. The van der Waals surface area contributed by atoms with Gasteiger partial charge in [0.1, 0.15) is 5.82 Å². The molecule has 0 aliphatic carbocycles. The number of rotatable bonds is 5. The molecule has 1 atom stereocenters. The summed E-state index contributed by atoms with van der Waals surface area (Å²) in [7, 11) is 0. The lowest BCUT2D eigenvalue weighted by molar-refractivity contribution is -0.124. The predicted octanol–water partition coefficient (Wildman–Crippen LogP) is 2.17. The number of hydrogen-bond acceptors (Lipinski definition) is 3. The number of para-hydroxylation sites is 2. The summed E-state index contributed by atoms with van der Waals surface area (Å²) in [5.74, 6) is 1.35. The van der Waals surface area contributed by atoms with Crippen molar-refractivity contribution in [3.8, 4) is 0 Å². The maximum absolute atomic E-state index is 12.0. The first-order chi connectivity index (χ1) is 10.3. The van der Waals surface area contributed by atoms with E-state index in [4.69, 9.17) is 0 Å². The zero-order valence-electron chi connectivity index (χ0n) is 13.2. The second-order valence-corrected chi connectivity index (χ2v) is 5.49. The Labute approximate surface area is 149 Å².